The van der Waals surface area contributed by atoms with Gasteiger partial charge in [-0.15, -0.1) is 0 Å². The summed E-state index contributed by atoms with van der Waals surface area (Å²) >= 11 is 0. The van der Waals surface area contributed by atoms with E-state index in [4.69, 9.17) is 23.7 Å². The minimum absolute atomic E-state index is 0.403. The highest BCUT2D eigenvalue weighted by Gasteiger charge is 2.30. The lowest BCUT2D eigenvalue weighted by atomic mass is 10.0. The summed E-state index contributed by atoms with van der Waals surface area (Å²) in [6, 6.07) is 18.2. The van der Waals surface area contributed by atoms with Crippen molar-refractivity contribution in [1.29, 1.82) is 0 Å². The van der Waals surface area contributed by atoms with Gasteiger partial charge >= 0.3 is 11.9 Å². The van der Waals surface area contributed by atoms with E-state index < -0.39 is 11.9 Å². The fourth-order valence-electron chi connectivity index (χ4n) is 4.09. The lowest BCUT2D eigenvalue weighted by Gasteiger charge is -2.08. The van der Waals surface area contributed by atoms with Crippen LogP contribution in [0, 0.1) is 6.92 Å². The van der Waals surface area contributed by atoms with E-state index in [1.165, 1.54) is 0 Å². The Hall–Kier alpha value is -3.94. The molecule has 0 saturated carbocycles. The quantitative estimate of drug-likeness (QED) is 0.269. The number of benzene rings is 3. The SMILES string of the molecule is COCCOCCOc1ccc(C2=c3cc4c(cc3OC2=O)=C(c2ccc(C)cc2)C(=O)O4)cc1. The van der Waals surface area contributed by atoms with Crippen LogP contribution in [0.1, 0.15) is 16.7 Å². The molecule has 0 bridgehead atoms. The maximum atomic E-state index is 12.8. The van der Waals surface area contributed by atoms with Gasteiger partial charge in [-0.3, -0.25) is 0 Å². The zero-order chi connectivity index (χ0) is 24.4. The van der Waals surface area contributed by atoms with E-state index in [0.29, 0.717) is 70.8 Å². The molecule has 0 atom stereocenters. The zero-order valence-electron chi connectivity index (χ0n) is 19.5. The monoisotopic (exact) mass is 472 g/mol. The summed E-state index contributed by atoms with van der Waals surface area (Å²) in [6.07, 6.45) is 0. The maximum absolute atomic E-state index is 12.8. The Morgan fingerprint density at radius 3 is 1.74 bits per heavy atom. The molecule has 0 aromatic heterocycles. The smallest absolute Gasteiger partial charge is 0.344 e. The summed E-state index contributed by atoms with van der Waals surface area (Å²) in [5.41, 5.74) is 3.41. The molecule has 35 heavy (non-hydrogen) atoms. The average molecular weight is 472 g/mol. The second kappa shape index (κ2) is 9.74. The lowest BCUT2D eigenvalue weighted by Crippen LogP contribution is -2.11. The van der Waals surface area contributed by atoms with Crippen LogP contribution in [0.4, 0.5) is 0 Å². The van der Waals surface area contributed by atoms with E-state index in [9.17, 15) is 9.59 Å². The molecule has 7 heteroatoms. The van der Waals surface area contributed by atoms with E-state index >= 15 is 0 Å². The second-order valence-corrected chi connectivity index (χ2v) is 8.22. The Bertz CT molecular complexity index is 1400. The van der Waals surface area contributed by atoms with E-state index in [0.717, 1.165) is 11.1 Å². The number of ether oxygens (including phenoxy) is 5. The predicted octanol–water partition coefficient (Wildman–Crippen LogP) is 2.27. The largest absolute Gasteiger partial charge is 0.491 e. The summed E-state index contributed by atoms with van der Waals surface area (Å²) in [6.45, 7) is 3.90. The first-order valence-corrected chi connectivity index (χ1v) is 11.3. The van der Waals surface area contributed by atoms with Gasteiger partial charge in [-0.2, -0.15) is 0 Å². The lowest BCUT2D eigenvalue weighted by molar-refractivity contribution is -0.128. The molecular weight excluding hydrogens is 448 g/mol. The second-order valence-electron chi connectivity index (χ2n) is 8.22. The van der Waals surface area contributed by atoms with Gasteiger partial charge in [-0.1, -0.05) is 42.0 Å². The molecule has 0 spiro atoms. The van der Waals surface area contributed by atoms with Gasteiger partial charge in [0.15, 0.2) is 0 Å². The molecule has 0 unspecified atom stereocenters. The highest BCUT2D eigenvalue weighted by molar-refractivity contribution is 6.21. The molecule has 2 aliphatic rings. The summed E-state index contributed by atoms with van der Waals surface area (Å²) < 4.78 is 27.1. The molecule has 0 N–H and O–H groups in total. The maximum Gasteiger partial charge on any atom is 0.344 e. The highest BCUT2D eigenvalue weighted by Crippen LogP contribution is 2.28. The van der Waals surface area contributed by atoms with Gasteiger partial charge in [-0.25, -0.2) is 9.59 Å². The van der Waals surface area contributed by atoms with Gasteiger partial charge in [0.25, 0.3) is 0 Å². The molecule has 0 aliphatic carbocycles. The van der Waals surface area contributed by atoms with Crippen molar-refractivity contribution in [3.8, 4) is 17.2 Å². The molecule has 2 heterocycles. The third-order valence-corrected chi connectivity index (χ3v) is 5.85. The third-order valence-electron chi connectivity index (χ3n) is 5.85. The predicted molar refractivity (Wildman–Crippen MR) is 128 cm³/mol. The molecule has 7 nitrogen and oxygen atoms in total. The number of fused-ring (bicyclic) bond motifs is 2. The van der Waals surface area contributed by atoms with E-state index in [1.54, 1.807) is 43.5 Å². The van der Waals surface area contributed by atoms with Crippen LogP contribution in [0.2, 0.25) is 0 Å². The number of carbonyl (C=O) groups is 2. The number of rotatable bonds is 9. The van der Waals surface area contributed by atoms with Crippen molar-refractivity contribution < 1.29 is 33.3 Å². The van der Waals surface area contributed by atoms with Gasteiger partial charge in [0, 0.05) is 17.5 Å². The van der Waals surface area contributed by atoms with Gasteiger partial charge < -0.3 is 23.7 Å². The molecule has 5 rings (SSSR count). The van der Waals surface area contributed by atoms with Crippen LogP contribution < -0.4 is 24.6 Å². The Morgan fingerprint density at radius 1 is 0.686 bits per heavy atom. The molecule has 0 saturated heterocycles. The van der Waals surface area contributed by atoms with Crippen molar-refractivity contribution in [3.05, 3.63) is 87.8 Å². The van der Waals surface area contributed by atoms with Gasteiger partial charge in [-0.05, 0) is 42.3 Å². The fourth-order valence-corrected chi connectivity index (χ4v) is 4.09. The number of hydrogen-bond acceptors (Lipinski definition) is 7. The van der Waals surface area contributed by atoms with Crippen LogP contribution in [0.15, 0.2) is 60.7 Å². The molecule has 0 amide bonds. The molecule has 3 aromatic carbocycles. The first kappa shape index (κ1) is 22.8. The van der Waals surface area contributed by atoms with Crippen LogP contribution >= 0.6 is 0 Å². The van der Waals surface area contributed by atoms with E-state index in [-0.39, 0.29) is 0 Å². The summed E-state index contributed by atoms with van der Waals surface area (Å²) in [4.78, 5) is 25.4. The highest BCUT2D eigenvalue weighted by atomic mass is 16.6. The number of carbonyl (C=O) groups excluding carboxylic acids is 2. The number of esters is 2. The Labute approximate surface area is 202 Å². The average Bonchev–Trinajstić information content (AvgIpc) is 3.35. The molecule has 2 aliphatic heterocycles. The van der Waals surface area contributed by atoms with Crippen LogP contribution in [0.3, 0.4) is 0 Å². The standard InChI is InChI=1S/C28H24O7/c1-17-3-5-18(6-4-17)25-21-15-24-22(16-23(21)34-27(25)29)26(28(30)35-24)19-7-9-20(10-8-19)33-14-13-32-12-11-31-2/h3-10,15-16H,11-14H2,1-2H3. The van der Waals surface area contributed by atoms with Crippen LogP contribution in [0.25, 0.3) is 11.1 Å². The molecule has 0 radical (unpaired) electrons. The number of methoxy groups -OCH3 is 1. The normalized spacial score (nSPS) is 14.0. The third kappa shape index (κ3) is 4.56. The van der Waals surface area contributed by atoms with Crippen molar-refractivity contribution in [1.82, 2.24) is 0 Å². The first-order chi connectivity index (χ1) is 17.0. The Balaban J connectivity index is 1.44. The summed E-state index contributed by atoms with van der Waals surface area (Å²) in [7, 11) is 1.62. The van der Waals surface area contributed by atoms with Gasteiger partial charge in [0.1, 0.15) is 23.9 Å². The number of hydrogen-bond donors (Lipinski definition) is 0. The van der Waals surface area contributed by atoms with Gasteiger partial charge in [0.05, 0.1) is 31.0 Å². The van der Waals surface area contributed by atoms with Crippen molar-refractivity contribution in [2.24, 2.45) is 0 Å². The Morgan fingerprint density at radius 2 is 1.20 bits per heavy atom. The summed E-state index contributed by atoms with van der Waals surface area (Å²) in [5, 5.41) is 1.20. The molecule has 0 fully saturated rings. The van der Waals surface area contributed by atoms with Crippen LogP contribution in [-0.2, 0) is 19.1 Å². The zero-order valence-corrected chi connectivity index (χ0v) is 19.5. The van der Waals surface area contributed by atoms with Crippen molar-refractivity contribution in [2.75, 3.05) is 33.5 Å². The molecular formula is C28H24O7. The topological polar surface area (TPSA) is 80.3 Å². The molecule has 3 aromatic rings. The van der Waals surface area contributed by atoms with Crippen LogP contribution in [-0.4, -0.2) is 45.5 Å². The summed E-state index contributed by atoms with van der Waals surface area (Å²) in [5.74, 6) is 0.602. The minimum Gasteiger partial charge on any atom is -0.491 e. The fraction of sp³-hybridized carbons (Fsp3) is 0.214. The minimum atomic E-state index is -0.452. The van der Waals surface area contributed by atoms with E-state index in [2.05, 4.69) is 0 Å². The van der Waals surface area contributed by atoms with Gasteiger partial charge in [0.2, 0.25) is 0 Å². The molecule has 178 valence electrons. The Kier molecular flexibility index (Phi) is 6.35. The van der Waals surface area contributed by atoms with E-state index in [1.807, 2.05) is 31.2 Å². The number of aryl methyl sites for hydroxylation is 1. The van der Waals surface area contributed by atoms with Crippen molar-refractivity contribution in [2.45, 2.75) is 6.92 Å². The van der Waals surface area contributed by atoms with Crippen LogP contribution in [0.5, 0.6) is 17.2 Å². The van der Waals surface area contributed by atoms with Crippen molar-refractivity contribution in [3.63, 3.8) is 0 Å². The first-order valence-electron chi connectivity index (χ1n) is 11.3. The van der Waals surface area contributed by atoms with Crippen molar-refractivity contribution >= 4 is 23.1 Å².